The minimum Gasteiger partial charge on any atom is -0.497 e. The van der Waals surface area contributed by atoms with Crippen LogP contribution in [-0.4, -0.2) is 24.2 Å². The summed E-state index contributed by atoms with van der Waals surface area (Å²) in [7, 11) is 3.36. The van der Waals surface area contributed by atoms with Crippen LogP contribution in [0.1, 0.15) is 50.2 Å². The van der Waals surface area contributed by atoms with Crippen molar-refractivity contribution in [3.63, 3.8) is 0 Å². The first-order chi connectivity index (χ1) is 16.2. The van der Waals surface area contributed by atoms with E-state index >= 15 is 0 Å². The van der Waals surface area contributed by atoms with Gasteiger partial charge in [-0.1, -0.05) is 13.8 Å². The minimum atomic E-state index is -0.509. The van der Waals surface area contributed by atoms with Crippen LogP contribution in [0.5, 0.6) is 11.5 Å². The summed E-state index contributed by atoms with van der Waals surface area (Å²) in [6.45, 7) is 8.64. The van der Waals surface area contributed by atoms with Gasteiger partial charge in [0.1, 0.15) is 11.5 Å². The summed E-state index contributed by atoms with van der Waals surface area (Å²) >= 11 is 0. The van der Waals surface area contributed by atoms with Crippen molar-refractivity contribution in [2.45, 2.75) is 38.5 Å². The zero-order chi connectivity index (χ0) is 24.1. The molecule has 2 aromatic carbocycles. The van der Waals surface area contributed by atoms with Gasteiger partial charge >= 0.3 is 21.1 Å². The van der Waals surface area contributed by atoms with Crippen LogP contribution in [0, 0.1) is 12.1 Å². The zero-order valence-corrected chi connectivity index (χ0v) is 23.1. The van der Waals surface area contributed by atoms with Crippen molar-refractivity contribution >= 4 is 0 Å². The van der Waals surface area contributed by atoms with Crippen LogP contribution in [0.2, 0.25) is 0 Å². The first-order valence-electron chi connectivity index (χ1n) is 11.4. The number of hydrogen-bond donors (Lipinski definition) is 0. The SMILES string of the molecule is COc1cc2nc(c1)C(C)(C)c1cc(OC)cc(n1)-c1[c-]c(ccc1)C(C)(C)c1[c-]c-2ccc1.[Pt+2]. The predicted molar refractivity (Wildman–Crippen MR) is 134 cm³/mol. The number of rotatable bonds is 2. The summed E-state index contributed by atoms with van der Waals surface area (Å²) in [5, 5.41) is 0. The Balaban J connectivity index is 0.00000289. The minimum absolute atomic E-state index is 0. The molecule has 0 atom stereocenters. The van der Waals surface area contributed by atoms with Gasteiger partial charge in [0, 0.05) is 28.9 Å². The Morgan fingerprint density at radius 1 is 0.629 bits per heavy atom. The molecule has 8 bridgehead atoms. The van der Waals surface area contributed by atoms with Gasteiger partial charge in [-0.05, 0) is 42.8 Å². The summed E-state index contributed by atoms with van der Waals surface area (Å²) in [6.07, 6.45) is 0. The number of ether oxygens (including phenoxy) is 2. The Morgan fingerprint density at radius 3 is 1.46 bits per heavy atom. The van der Waals surface area contributed by atoms with Gasteiger partial charge in [-0.3, -0.25) is 0 Å². The number of benzene rings is 2. The second-order valence-electron chi connectivity index (χ2n) is 9.76. The topological polar surface area (TPSA) is 44.2 Å². The predicted octanol–water partition coefficient (Wildman–Crippen LogP) is 6.39. The maximum atomic E-state index is 5.68. The van der Waals surface area contributed by atoms with Crippen molar-refractivity contribution in [1.29, 1.82) is 0 Å². The first kappa shape index (κ1) is 25.1. The van der Waals surface area contributed by atoms with Crippen molar-refractivity contribution in [2.75, 3.05) is 14.2 Å². The Kier molecular flexibility index (Phi) is 6.63. The third kappa shape index (κ3) is 4.41. The molecule has 0 spiro atoms. The van der Waals surface area contributed by atoms with Crippen LogP contribution in [-0.2, 0) is 31.9 Å². The second-order valence-corrected chi connectivity index (χ2v) is 9.76. The summed E-state index contributed by atoms with van der Waals surface area (Å²) in [6, 6.07) is 27.6. The molecule has 0 amide bonds. The van der Waals surface area contributed by atoms with E-state index in [9.17, 15) is 0 Å². The first-order valence-corrected chi connectivity index (χ1v) is 11.4. The molecule has 0 unspecified atom stereocenters. The van der Waals surface area contributed by atoms with Crippen molar-refractivity contribution in [3.8, 4) is 34.0 Å². The fourth-order valence-corrected chi connectivity index (χ4v) is 4.41. The Morgan fingerprint density at radius 2 is 1.06 bits per heavy atom. The zero-order valence-electron chi connectivity index (χ0n) is 20.8. The summed E-state index contributed by atoms with van der Waals surface area (Å²) in [4.78, 5) is 10.2. The molecular weight excluding hydrogens is 615 g/mol. The third-order valence-corrected chi connectivity index (χ3v) is 6.84. The maximum Gasteiger partial charge on any atom is 2.00 e. The Hall–Kier alpha value is -2.97. The van der Waals surface area contributed by atoms with Gasteiger partial charge in [0.2, 0.25) is 0 Å². The molecule has 35 heavy (non-hydrogen) atoms. The molecule has 180 valence electrons. The van der Waals surface area contributed by atoms with Crippen LogP contribution in [0.15, 0.2) is 60.7 Å². The second kappa shape index (κ2) is 9.24. The molecule has 1 aliphatic rings. The molecular formula is C30H28N2O2Pt. The number of aromatic nitrogens is 2. The number of nitrogens with zero attached hydrogens (tertiary/aromatic N) is 2. The normalized spacial score (nSPS) is 14.8. The van der Waals surface area contributed by atoms with Crippen LogP contribution < -0.4 is 9.47 Å². The van der Waals surface area contributed by atoms with Gasteiger partial charge in [0.15, 0.2) is 0 Å². The van der Waals surface area contributed by atoms with E-state index in [1.165, 1.54) is 0 Å². The number of fused-ring (bicyclic) bond motifs is 10. The van der Waals surface area contributed by atoms with Gasteiger partial charge in [-0.25, -0.2) is 0 Å². The van der Waals surface area contributed by atoms with E-state index in [1.807, 2.05) is 36.4 Å². The van der Waals surface area contributed by atoms with E-state index in [2.05, 4.69) is 64.1 Å². The van der Waals surface area contributed by atoms with Crippen molar-refractivity contribution in [3.05, 3.63) is 95.3 Å². The van der Waals surface area contributed by atoms with E-state index in [0.29, 0.717) is 0 Å². The summed E-state index contributed by atoms with van der Waals surface area (Å²) in [5.74, 6) is 1.50. The molecule has 0 saturated heterocycles. The van der Waals surface area contributed by atoms with E-state index in [0.717, 1.165) is 56.5 Å². The van der Waals surface area contributed by atoms with Crippen molar-refractivity contribution < 1.29 is 30.5 Å². The average Bonchev–Trinajstić information content (AvgIpc) is 2.87. The van der Waals surface area contributed by atoms with Gasteiger partial charge in [-0.15, -0.1) is 70.8 Å². The fourth-order valence-electron chi connectivity index (χ4n) is 4.41. The molecule has 1 aliphatic heterocycles. The summed E-state index contributed by atoms with van der Waals surface area (Å²) < 4.78 is 11.4. The fraction of sp³-hybridized carbons (Fsp3) is 0.267. The monoisotopic (exact) mass is 643 g/mol. The molecule has 4 nitrogen and oxygen atoms in total. The molecule has 3 heterocycles. The van der Waals surface area contributed by atoms with Crippen LogP contribution >= 0.6 is 0 Å². The molecule has 0 saturated carbocycles. The van der Waals surface area contributed by atoms with Crippen LogP contribution in [0.25, 0.3) is 22.5 Å². The van der Waals surface area contributed by atoms with Crippen molar-refractivity contribution in [2.24, 2.45) is 0 Å². The molecule has 0 radical (unpaired) electrons. The van der Waals surface area contributed by atoms with Gasteiger partial charge in [-0.2, -0.15) is 0 Å². The maximum absolute atomic E-state index is 5.68. The molecule has 2 aromatic heterocycles. The van der Waals surface area contributed by atoms with Gasteiger partial charge in [0.05, 0.1) is 14.2 Å². The Bertz CT molecular complexity index is 1290. The van der Waals surface area contributed by atoms with E-state index in [4.69, 9.17) is 19.4 Å². The van der Waals surface area contributed by atoms with Crippen LogP contribution in [0.4, 0.5) is 0 Å². The largest absolute Gasteiger partial charge is 2.00 e. The standard InChI is InChI=1S/C30H28N2O2.Pt/c1-29(2)21-11-7-9-19(13-21)25-15-23(33-5)17-27(31-25)30(3,4)28-18-24(34-6)16-26(32-28)20-10-8-12-22(29)14-20;/h7-12,15-18H,1-6H3;/q-2;+2. The number of hydrogen-bond acceptors (Lipinski definition) is 4. The Labute approximate surface area is 222 Å². The molecule has 5 rings (SSSR count). The van der Waals surface area contributed by atoms with Gasteiger partial charge < -0.3 is 19.4 Å². The van der Waals surface area contributed by atoms with E-state index < -0.39 is 5.41 Å². The van der Waals surface area contributed by atoms with Crippen molar-refractivity contribution in [1.82, 2.24) is 9.97 Å². The average molecular weight is 644 g/mol. The molecule has 0 fully saturated rings. The van der Waals surface area contributed by atoms with E-state index in [-0.39, 0.29) is 26.5 Å². The number of methoxy groups -OCH3 is 2. The smallest absolute Gasteiger partial charge is 0.497 e. The van der Waals surface area contributed by atoms with Crippen LogP contribution in [0.3, 0.4) is 0 Å². The third-order valence-electron chi connectivity index (χ3n) is 6.84. The molecule has 0 aliphatic carbocycles. The molecule has 5 heteroatoms. The molecule has 0 N–H and O–H groups in total. The quantitative estimate of drug-likeness (QED) is 0.238. The summed E-state index contributed by atoms with van der Waals surface area (Å²) in [5.41, 5.74) is 6.52. The van der Waals surface area contributed by atoms with Gasteiger partial charge in [0.25, 0.3) is 0 Å². The van der Waals surface area contributed by atoms with E-state index in [1.54, 1.807) is 14.2 Å². The number of pyridine rings is 2. The molecule has 4 aromatic rings.